The van der Waals surface area contributed by atoms with E-state index in [4.69, 9.17) is 51.1 Å². The average molecular weight is 556 g/mol. The molecule has 0 bridgehead atoms. The van der Waals surface area contributed by atoms with Crippen LogP contribution in [0.3, 0.4) is 0 Å². The standard InChI is InChI=1S/C18H11Cl4IN2O2/c1-8(18(26)25-15-7-12(21)11(20)5-13(15)22)27-17-14(23)6-10(19)9-3-2-4-24-16(9)17/h2-8H,1H3,(H,25,26). The Hall–Kier alpha value is -0.990. The Morgan fingerprint density at radius 3 is 2.56 bits per heavy atom. The van der Waals surface area contributed by atoms with E-state index in [1.54, 1.807) is 25.3 Å². The topological polar surface area (TPSA) is 51.2 Å². The van der Waals surface area contributed by atoms with E-state index in [0.717, 1.165) is 8.96 Å². The fraction of sp³-hybridized carbons (Fsp3) is 0.111. The van der Waals surface area contributed by atoms with Gasteiger partial charge < -0.3 is 10.1 Å². The molecular weight excluding hydrogens is 545 g/mol. The highest BCUT2D eigenvalue weighted by Gasteiger charge is 2.21. The molecule has 0 saturated carbocycles. The SMILES string of the molecule is CC(Oc1c(I)cc(Cl)c2cccnc12)C(=O)Nc1cc(Cl)c(Cl)cc1Cl. The van der Waals surface area contributed by atoms with Crippen molar-refractivity contribution in [1.82, 2.24) is 4.98 Å². The molecule has 0 saturated heterocycles. The van der Waals surface area contributed by atoms with Crippen molar-refractivity contribution >= 4 is 91.5 Å². The van der Waals surface area contributed by atoms with Gasteiger partial charge in [-0.05, 0) is 59.8 Å². The molecule has 0 aliphatic rings. The minimum absolute atomic E-state index is 0.276. The van der Waals surface area contributed by atoms with Crippen LogP contribution < -0.4 is 10.1 Å². The van der Waals surface area contributed by atoms with E-state index >= 15 is 0 Å². The number of anilines is 1. The summed E-state index contributed by atoms with van der Waals surface area (Å²) in [4.78, 5) is 16.9. The Kier molecular flexibility index (Phi) is 6.58. The van der Waals surface area contributed by atoms with Crippen molar-refractivity contribution < 1.29 is 9.53 Å². The van der Waals surface area contributed by atoms with Gasteiger partial charge in [-0.3, -0.25) is 9.78 Å². The van der Waals surface area contributed by atoms with E-state index in [-0.39, 0.29) is 10.0 Å². The Bertz CT molecular complexity index is 1050. The number of benzene rings is 2. The summed E-state index contributed by atoms with van der Waals surface area (Å²) in [6, 6.07) is 8.34. The van der Waals surface area contributed by atoms with E-state index in [9.17, 15) is 4.79 Å². The lowest BCUT2D eigenvalue weighted by Crippen LogP contribution is -2.30. The van der Waals surface area contributed by atoms with Crippen LogP contribution in [0.4, 0.5) is 5.69 Å². The number of aromatic nitrogens is 1. The van der Waals surface area contributed by atoms with Crippen molar-refractivity contribution in [2.75, 3.05) is 5.32 Å². The van der Waals surface area contributed by atoms with Crippen LogP contribution in [-0.4, -0.2) is 17.0 Å². The fourth-order valence-corrected chi connectivity index (χ4v) is 4.08. The third kappa shape index (κ3) is 4.54. The zero-order chi connectivity index (χ0) is 19.7. The molecule has 1 atom stereocenters. The highest BCUT2D eigenvalue weighted by atomic mass is 127. The highest BCUT2D eigenvalue weighted by Crippen LogP contribution is 2.36. The lowest BCUT2D eigenvalue weighted by atomic mass is 10.2. The molecule has 27 heavy (non-hydrogen) atoms. The highest BCUT2D eigenvalue weighted by molar-refractivity contribution is 14.1. The van der Waals surface area contributed by atoms with Crippen LogP contribution in [-0.2, 0) is 4.79 Å². The number of carbonyl (C=O) groups excluding carboxylic acids is 1. The van der Waals surface area contributed by atoms with Gasteiger partial charge in [-0.25, -0.2) is 0 Å². The van der Waals surface area contributed by atoms with Crippen molar-refractivity contribution in [1.29, 1.82) is 0 Å². The first-order valence-electron chi connectivity index (χ1n) is 7.62. The normalized spacial score (nSPS) is 12.1. The third-order valence-corrected chi connectivity index (χ3v) is 5.83. The predicted octanol–water partition coefficient (Wildman–Crippen LogP) is 6.86. The second kappa shape index (κ2) is 8.57. The molecule has 9 heteroatoms. The van der Waals surface area contributed by atoms with Crippen LogP contribution in [0, 0.1) is 3.57 Å². The van der Waals surface area contributed by atoms with E-state index in [1.165, 1.54) is 12.1 Å². The summed E-state index contributed by atoms with van der Waals surface area (Å²) in [6.07, 6.45) is 0.817. The number of nitrogens with one attached hydrogen (secondary N) is 1. The summed E-state index contributed by atoms with van der Waals surface area (Å²) in [7, 11) is 0. The quantitative estimate of drug-likeness (QED) is 0.283. The number of halogens is 5. The Morgan fingerprint density at radius 2 is 1.81 bits per heavy atom. The Morgan fingerprint density at radius 1 is 1.11 bits per heavy atom. The second-order valence-corrected chi connectivity index (χ2v) is 8.36. The summed E-state index contributed by atoms with van der Waals surface area (Å²) in [5.41, 5.74) is 0.932. The molecular formula is C18H11Cl4IN2O2. The molecule has 3 rings (SSSR count). The Balaban J connectivity index is 1.86. The predicted molar refractivity (Wildman–Crippen MR) is 120 cm³/mol. The lowest BCUT2D eigenvalue weighted by Gasteiger charge is -2.18. The van der Waals surface area contributed by atoms with Gasteiger partial charge >= 0.3 is 0 Å². The first kappa shape index (κ1) is 20.7. The van der Waals surface area contributed by atoms with E-state index in [1.807, 2.05) is 6.07 Å². The fourth-order valence-electron chi connectivity index (χ4n) is 2.34. The van der Waals surface area contributed by atoms with Crippen LogP contribution >= 0.6 is 69.0 Å². The van der Waals surface area contributed by atoms with Gasteiger partial charge in [0.15, 0.2) is 11.9 Å². The molecule has 1 amide bonds. The zero-order valence-corrected chi connectivity index (χ0v) is 18.9. The van der Waals surface area contributed by atoms with E-state index < -0.39 is 12.0 Å². The molecule has 1 heterocycles. The van der Waals surface area contributed by atoms with Gasteiger partial charge in [0.1, 0.15) is 5.52 Å². The smallest absolute Gasteiger partial charge is 0.265 e. The summed E-state index contributed by atoms with van der Waals surface area (Å²) >= 11 is 26.4. The molecule has 3 aromatic rings. The first-order chi connectivity index (χ1) is 12.8. The van der Waals surface area contributed by atoms with Crippen molar-refractivity contribution in [3.05, 3.63) is 60.2 Å². The number of fused-ring (bicyclic) bond motifs is 1. The molecule has 4 nitrogen and oxygen atoms in total. The zero-order valence-electron chi connectivity index (χ0n) is 13.7. The van der Waals surface area contributed by atoms with Crippen molar-refractivity contribution in [3.63, 3.8) is 0 Å². The van der Waals surface area contributed by atoms with Crippen LogP contribution in [0.1, 0.15) is 6.92 Å². The average Bonchev–Trinajstić information content (AvgIpc) is 2.63. The van der Waals surface area contributed by atoms with Crippen LogP contribution in [0.2, 0.25) is 20.1 Å². The summed E-state index contributed by atoms with van der Waals surface area (Å²) in [5, 5.41) is 4.86. The maximum Gasteiger partial charge on any atom is 0.265 e. The molecule has 1 aromatic heterocycles. The maximum absolute atomic E-state index is 12.6. The van der Waals surface area contributed by atoms with Gasteiger partial charge in [-0.15, -0.1) is 0 Å². The molecule has 0 aliphatic heterocycles. The number of hydrogen-bond donors (Lipinski definition) is 1. The largest absolute Gasteiger partial charge is 0.477 e. The number of amides is 1. The van der Waals surface area contributed by atoms with Crippen LogP contribution in [0.25, 0.3) is 10.9 Å². The molecule has 1 N–H and O–H groups in total. The molecule has 0 fully saturated rings. The lowest BCUT2D eigenvalue weighted by molar-refractivity contribution is -0.122. The summed E-state index contributed by atoms with van der Waals surface area (Å²) in [6.45, 7) is 1.63. The van der Waals surface area contributed by atoms with Gasteiger partial charge in [-0.1, -0.05) is 46.4 Å². The second-order valence-electron chi connectivity index (χ2n) is 5.56. The third-order valence-electron chi connectivity index (χ3n) is 3.68. The minimum atomic E-state index is -0.824. The Labute approximate surface area is 189 Å². The monoisotopic (exact) mass is 554 g/mol. The van der Waals surface area contributed by atoms with Crippen molar-refractivity contribution in [3.8, 4) is 5.75 Å². The van der Waals surface area contributed by atoms with Crippen molar-refractivity contribution in [2.45, 2.75) is 13.0 Å². The molecule has 0 aliphatic carbocycles. The van der Waals surface area contributed by atoms with Crippen LogP contribution in [0.5, 0.6) is 5.75 Å². The molecule has 1 unspecified atom stereocenters. The van der Waals surface area contributed by atoms with Gasteiger partial charge in [0.05, 0.1) is 29.3 Å². The molecule has 0 radical (unpaired) electrons. The molecule has 2 aromatic carbocycles. The number of carbonyl (C=O) groups is 1. The number of nitrogens with zero attached hydrogens (tertiary/aromatic N) is 1. The minimum Gasteiger partial charge on any atom is -0.477 e. The number of hydrogen-bond acceptors (Lipinski definition) is 3. The van der Waals surface area contributed by atoms with Gasteiger partial charge in [0, 0.05) is 11.6 Å². The van der Waals surface area contributed by atoms with Gasteiger partial charge in [0.25, 0.3) is 5.91 Å². The number of ether oxygens (including phenoxy) is 1. The summed E-state index contributed by atoms with van der Waals surface area (Å²) < 4.78 is 6.64. The summed E-state index contributed by atoms with van der Waals surface area (Å²) in [5.74, 6) is 0.0867. The maximum atomic E-state index is 12.6. The van der Waals surface area contributed by atoms with Gasteiger partial charge in [-0.2, -0.15) is 0 Å². The number of pyridine rings is 1. The first-order valence-corrected chi connectivity index (χ1v) is 10.2. The van der Waals surface area contributed by atoms with Gasteiger partial charge in [0.2, 0.25) is 0 Å². The van der Waals surface area contributed by atoms with E-state index in [2.05, 4.69) is 32.9 Å². The van der Waals surface area contributed by atoms with Crippen molar-refractivity contribution in [2.24, 2.45) is 0 Å². The molecule has 0 spiro atoms. The van der Waals surface area contributed by atoms with E-state index in [0.29, 0.717) is 27.0 Å². The molecule has 140 valence electrons. The van der Waals surface area contributed by atoms with Crippen LogP contribution in [0.15, 0.2) is 36.5 Å². The number of rotatable bonds is 4.